The lowest BCUT2D eigenvalue weighted by molar-refractivity contribution is 0.153. The van der Waals surface area contributed by atoms with Crippen LogP contribution in [-0.2, 0) is 19.6 Å². The van der Waals surface area contributed by atoms with Crippen molar-refractivity contribution in [2.75, 3.05) is 0 Å². The molecular formula is C25H22N4O4. The van der Waals surface area contributed by atoms with Gasteiger partial charge in [-0.05, 0) is 23.3 Å². The van der Waals surface area contributed by atoms with Gasteiger partial charge in [-0.1, -0.05) is 60.7 Å². The molecule has 0 fully saturated rings. The molecule has 8 heteroatoms. The van der Waals surface area contributed by atoms with E-state index in [4.69, 9.17) is 4.42 Å². The first-order valence-corrected chi connectivity index (χ1v) is 10.6. The van der Waals surface area contributed by atoms with Crippen LogP contribution in [0.4, 0.5) is 0 Å². The summed E-state index contributed by atoms with van der Waals surface area (Å²) < 4.78 is 9.66. The smallest absolute Gasteiger partial charge is 0.333 e. The minimum atomic E-state index is -1.01. The maximum absolute atomic E-state index is 13.5. The maximum Gasteiger partial charge on any atom is 0.333 e. The van der Waals surface area contributed by atoms with E-state index in [9.17, 15) is 14.7 Å². The van der Waals surface area contributed by atoms with Crippen LogP contribution in [0.1, 0.15) is 23.0 Å². The van der Waals surface area contributed by atoms with E-state index in [0.717, 1.165) is 10.1 Å². The van der Waals surface area contributed by atoms with Gasteiger partial charge in [0, 0.05) is 0 Å². The van der Waals surface area contributed by atoms with E-state index >= 15 is 0 Å². The van der Waals surface area contributed by atoms with Crippen LogP contribution >= 0.6 is 0 Å². The van der Waals surface area contributed by atoms with E-state index in [-0.39, 0.29) is 18.6 Å². The Morgan fingerprint density at radius 3 is 2.30 bits per heavy atom. The van der Waals surface area contributed by atoms with Crippen molar-refractivity contribution in [3.8, 4) is 0 Å². The van der Waals surface area contributed by atoms with Gasteiger partial charge in [0.05, 0.1) is 38.3 Å². The third-order valence-electron chi connectivity index (χ3n) is 5.61. The molecule has 5 aromatic rings. The predicted octanol–water partition coefficient (Wildman–Crippen LogP) is 2.78. The number of furan rings is 1. The number of fused-ring (bicyclic) bond motifs is 1. The molecule has 0 unspecified atom stereocenters. The Kier molecular flexibility index (Phi) is 5.50. The molecular weight excluding hydrogens is 420 g/mol. The minimum absolute atomic E-state index is 0.168. The number of nitrogens with zero attached hydrogens (tertiary/aromatic N) is 4. The summed E-state index contributed by atoms with van der Waals surface area (Å²) in [6.45, 7) is 0.373. The van der Waals surface area contributed by atoms with Crippen molar-refractivity contribution in [3.63, 3.8) is 0 Å². The van der Waals surface area contributed by atoms with Crippen molar-refractivity contribution in [3.05, 3.63) is 123 Å². The van der Waals surface area contributed by atoms with Gasteiger partial charge >= 0.3 is 5.69 Å². The van der Waals surface area contributed by atoms with Crippen LogP contribution in [-0.4, -0.2) is 23.8 Å². The summed E-state index contributed by atoms with van der Waals surface area (Å²) in [5.41, 5.74) is 1.08. The normalized spacial score (nSPS) is 12.3. The van der Waals surface area contributed by atoms with E-state index in [1.54, 1.807) is 41.2 Å². The second kappa shape index (κ2) is 8.76. The Morgan fingerprint density at radius 2 is 1.61 bits per heavy atom. The molecule has 0 radical (unpaired) electrons. The highest BCUT2D eigenvalue weighted by Crippen LogP contribution is 2.15. The quantitative estimate of drug-likeness (QED) is 0.418. The number of imidazole rings is 1. The van der Waals surface area contributed by atoms with Gasteiger partial charge in [0.1, 0.15) is 5.76 Å². The Hall–Kier alpha value is -4.17. The molecule has 0 spiro atoms. The van der Waals surface area contributed by atoms with Crippen molar-refractivity contribution in [2.24, 2.45) is 0 Å². The third-order valence-corrected chi connectivity index (χ3v) is 5.61. The Morgan fingerprint density at radius 1 is 0.879 bits per heavy atom. The number of hydrogen-bond donors (Lipinski definition) is 1. The van der Waals surface area contributed by atoms with Crippen molar-refractivity contribution in [1.29, 1.82) is 0 Å². The molecule has 0 aliphatic rings. The molecule has 3 heterocycles. The van der Waals surface area contributed by atoms with Crippen molar-refractivity contribution in [1.82, 2.24) is 18.7 Å². The summed E-state index contributed by atoms with van der Waals surface area (Å²) in [7, 11) is 0. The molecule has 3 aromatic heterocycles. The molecule has 0 saturated carbocycles. The van der Waals surface area contributed by atoms with Gasteiger partial charge in [-0.25, -0.2) is 9.78 Å². The lowest BCUT2D eigenvalue weighted by Gasteiger charge is -2.16. The van der Waals surface area contributed by atoms with Crippen LogP contribution in [0.25, 0.3) is 11.2 Å². The fourth-order valence-electron chi connectivity index (χ4n) is 3.95. The number of aliphatic hydroxyl groups is 1. The molecule has 8 nitrogen and oxygen atoms in total. The van der Waals surface area contributed by atoms with Crippen LogP contribution in [0.2, 0.25) is 0 Å². The van der Waals surface area contributed by atoms with Crippen molar-refractivity contribution < 1.29 is 9.52 Å². The molecule has 0 aliphatic heterocycles. The number of hydrogen-bond acceptors (Lipinski definition) is 5. The zero-order valence-electron chi connectivity index (χ0n) is 17.7. The van der Waals surface area contributed by atoms with Crippen LogP contribution in [0.5, 0.6) is 0 Å². The minimum Gasteiger partial charge on any atom is -0.467 e. The molecule has 0 aliphatic carbocycles. The summed E-state index contributed by atoms with van der Waals surface area (Å²) in [4.78, 5) is 31.3. The van der Waals surface area contributed by atoms with Crippen molar-refractivity contribution >= 4 is 11.2 Å². The molecule has 1 atom stereocenters. The number of aromatic nitrogens is 4. The van der Waals surface area contributed by atoms with Gasteiger partial charge in [0.2, 0.25) is 0 Å². The average Bonchev–Trinajstić information content (AvgIpc) is 3.51. The first-order chi connectivity index (χ1) is 16.1. The van der Waals surface area contributed by atoms with Crippen LogP contribution in [0, 0.1) is 0 Å². The van der Waals surface area contributed by atoms with E-state index in [1.165, 1.54) is 10.9 Å². The molecule has 0 amide bonds. The maximum atomic E-state index is 13.5. The number of aliphatic hydroxyl groups excluding tert-OH is 1. The van der Waals surface area contributed by atoms with Gasteiger partial charge in [0.25, 0.3) is 5.56 Å². The topological polar surface area (TPSA) is 95.2 Å². The van der Waals surface area contributed by atoms with Gasteiger partial charge in [0.15, 0.2) is 11.2 Å². The standard InChI is InChI=1S/C25H22N4O4/c30-21(19-10-5-2-6-11-19)16-29-24(31)22-23(26-17-27(22)15-20-12-7-13-33-20)28(25(29)32)14-18-8-3-1-4-9-18/h1-13,17,21,30H,14-16H2/t21-/m1/s1. The zero-order valence-corrected chi connectivity index (χ0v) is 17.7. The van der Waals surface area contributed by atoms with Crippen LogP contribution in [0.3, 0.4) is 0 Å². The highest BCUT2D eigenvalue weighted by atomic mass is 16.3. The highest BCUT2D eigenvalue weighted by Gasteiger charge is 2.21. The lowest BCUT2D eigenvalue weighted by atomic mass is 10.1. The molecule has 5 rings (SSSR count). The summed E-state index contributed by atoms with van der Waals surface area (Å²) in [6, 6.07) is 22.1. The van der Waals surface area contributed by atoms with E-state index in [2.05, 4.69) is 4.98 Å². The second-order valence-corrected chi connectivity index (χ2v) is 7.82. The molecule has 33 heavy (non-hydrogen) atoms. The van der Waals surface area contributed by atoms with E-state index < -0.39 is 17.4 Å². The lowest BCUT2D eigenvalue weighted by Crippen LogP contribution is -2.42. The second-order valence-electron chi connectivity index (χ2n) is 7.82. The summed E-state index contributed by atoms with van der Waals surface area (Å²) >= 11 is 0. The van der Waals surface area contributed by atoms with Gasteiger partial charge in [-0.2, -0.15) is 0 Å². The van der Waals surface area contributed by atoms with Crippen molar-refractivity contribution in [2.45, 2.75) is 25.7 Å². The monoisotopic (exact) mass is 442 g/mol. The summed E-state index contributed by atoms with van der Waals surface area (Å²) in [6.07, 6.45) is 2.09. The molecule has 0 saturated heterocycles. The first kappa shape index (κ1) is 20.7. The highest BCUT2D eigenvalue weighted by molar-refractivity contribution is 5.70. The molecule has 166 valence electrons. The summed E-state index contributed by atoms with van der Waals surface area (Å²) in [5.74, 6) is 0.658. The van der Waals surface area contributed by atoms with E-state index in [1.807, 2.05) is 42.5 Å². The summed E-state index contributed by atoms with van der Waals surface area (Å²) in [5, 5.41) is 10.8. The fraction of sp³-hybridized carbons (Fsp3) is 0.160. The molecule has 1 N–H and O–H groups in total. The van der Waals surface area contributed by atoms with Gasteiger partial charge in [-0.15, -0.1) is 0 Å². The van der Waals surface area contributed by atoms with Crippen LogP contribution < -0.4 is 11.2 Å². The number of benzene rings is 2. The SMILES string of the molecule is O=c1c2c(ncn2Cc2ccco2)n(Cc2ccccc2)c(=O)n1C[C@@H](O)c1ccccc1. The zero-order chi connectivity index (χ0) is 22.8. The largest absolute Gasteiger partial charge is 0.467 e. The number of rotatable bonds is 7. The van der Waals surface area contributed by atoms with Gasteiger partial charge in [-0.3, -0.25) is 13.9 Å². The average molecular weight is 442 g/mol. The third kappa shape index (κ3) is 4.04. The fourth-order valence-corrected chi connectivity index (χ4v) is 3.95. The Labute approximate surface area is 188 Å². The molecule has 0 bridgehead atoms. The van der Waals surface area contributed by atoms with Crippen LogP contribution in [0.15, 0.2) is 99.4 Å². The van der Waals surface area contributed by atoms with Gasteiger partial charge < -0.3 is 14.1 Å². The molecule has 2 aromatic carbocycles. The Bertz CT molecular complexity index is 1480. The Balaban J connectivity index is 1.66. The predicted molar refractivity (Wildman–Crippen MR) is 123 cm³/mol. The first-order valence-electron chi connectivity index (χ1n) is 10.6. The van der Waals surface area contributed by atoms with E-state index in [0.29, 0.717) is 23.5 Å².